The molecule has 2 saturated heterocycles. The number of rotatable bonds is 63. The Balaban J connectivity index is 1.63. The maximum absolute atomic E-state index is 13.4. The van der Waals surface area contributed by atoms with Crippen molar-refractivity contribution >= 4 is 5.91 Å². The van der Waals surface area contributed by atoms with Crippen molar-refractivity contribution in [2.24, 2.45) is 0 Å². The number of carbonyl (C=O) groups is 1. The minimum atomic E-state index is -1.78. The molecular formula is C74H141NO13. The van der Waals surface area contributed by atoms with E-state index in [9.17, 15) is 45.6 Å². The summed E-state index contributed by atoms with van der Waals surface area (Å²) in [6.45, 7) is 2.91. The highest BCUT2D eigenvalue weighted by molar-refractivity contribution is 5.76. The molecule has 0 aliphatic carbocycles. The van der Waals surface area contributed by atoms with Crippen LogP contribution in [0.25, 0.3) is 0 Å². The van der Waals surface area contributed by atoms with Crippen LogP contribution in [0.4, 0.5) is 0 Å². The Morgan fingerprint density at radius 1 is 0.409 bits per heavy atom. The predicted molar refractivity (Wildman–Crippen MR) is 360 cm³/mol. The van der Waals surface area contributed by atoms with Crippen LogP contribution in [0.5, 0.6) is 0 Å². The minimum absolute atomic E-state index is 0.203. The number of hydrogen-bond acceptors (Lipinski definition) is 13. The van der Waals surface area contributed by atoms with Crippen molar-refractivity contribution in [2.75, 3.05) is 19.8 Å². The van der Waals surface area contributed by atoms with Gasteiger partial charge in [0.1, 0.15) is 48.8 Å². The first kappa shape index (κ1) is 82.6. The molecule has 2 fully saturated rings. The van der Waals surface area contributed by atoms with E-state index < -0.39 is 86.8 Å². The van der Waals surface area contributed by atoms with Gasteiger partial charge in [0.25, 0.3) is 0 Å². The van der Waals surface area contributed by atoms with E-state index in [1.54, 1.807) is 0 Å². The van der Waals surface area contributed by atoms with E-state index in [0.29, 0.717) is 12.8 Å². The zero-order chi connectivity index (χ0) is 63.8. The van der Waals surface area contributed by atoms with Gasteiger partial charge in [-0.1, -0.05) is 321 Å². The molecule has 9 N–H and O–H groups in total. The Morgan fingerprint density at radius 3 is 1.14 bits per heavy atom. The van der Waals surface area contributed by atoms with Gasteiger partial charge in [-0.3, -0.25) is 4.79 Å². The van der Waals surface area contributed by atoms with E-state index >= 15 is 0 Å². The molecule has 88 heavy (non-hydrogen) atoms. The molecule has 2 rings (SSSR count). The first-order chi connectivity index (χ1) is 43.1. The highest BCUT2D eigenvalue weighted by atomic mass is 16.7. The first-order valence-electron chi connectivity index (χ1n) is 37.6. The third-order valence-electron chi connectivity index (χ3n) is 18.7. The van der Waals surface area contributed by atoms with Crippen LogP contribution in [-0.2, 0) is 23.7 Å². The number of aliphatic hydroxyl groups excluding tert-OH is 8. The van der Waals surface area contributed by atoms with E-state index in [4.69, 9.17) is 18.9 Å². The number of nitrogens with one attached hydrogen (secondary N) is 1. The summed E-state index contributed by atoms with van der Waals surface area (Å²) in [5, 5.41) is 87.7. The maximum atomic E-state index is 13.4. The summed E-state index contributed by atoms with van der Waals surface area (Å²) in [7, 11) is 0. The van der Waals surface area contributed by atoms with Gasteiger partial charge in [-0.2, -0.15) is 0 Å². The number of ether oxygens (including phenoxy) is 4. The molecule has 12 atom stereocenters. The van der Waals surface area contributed by atoms with E-state index in [2.05, 4.69) is 43.5 Å². The van der Waals surface area contributed by atoms with Crippen LogP contribution in [-0.4, -0.2) is 140 Å². The SMILES string of the molecule is CCCCCCC/C=C\C/C=C\CCCCCCCCCCCCCC(=O)NC(COC1OC(CO)C(OC2OC(CO)C(O)C(O)C2O)C(O)C1O)C(O)CCCCCCCCCCCCCCCCCCCCCCCCCCCCCCCCC. The van der Waals surface area contributed by atoms with Crippen LogP contribution in [0, 0.1) is 0 Å². The Labute approximate surface area is 539 Å². The molecule has 0 radical (unpaired) electrons. The Morgan fingerprint density at radius 2 is 0.750 bits per heavy atom. The minimum Gasteiger partial charge on any atom is -0.394 e. The van der Waals surface area contributed by atoms with Crippen molar-refractivity contribution in [1.82, 2.24) is 5.32 Å². The molecular weight excluding hydrogens is 1110 g/mol. The summed E-state index contributed by atoms with van der Waals surface area (Å²) in [6.07, 6.45) is 57.7. The summed E-state index contributed by atoms with van der Waals surface area (Å²) in [6, 6.07) is -0.830. The van der Waals surface area contributed by atoms with Gasteiger partial charge in [0, 0.05) is 6.42 Å². The molecule has 0 aromatic heterocycles. The summed E-state index contributed by atoms with van der Waals surface area (Å²) in [5.74, 6) is -0.203. The van der Waals surface area contributed by atoms with Gasteiger partial charge in [0.05, 0.1) is 32.0 Å². The van der Waals surface area contributed by atoms with Crippen LogP contribution in [0.15, 0.2) is 24.3 Å². The van der Waals surface area contributed by atoms with Crippen LogP contribution in [0.2, 0.25) is 0 Å². The summed E-state index contributed by atoms with van der Waals surface area (Å²) in [5.41, 5.74) is 0. The molecule has 2 aliphatic rings. The van der Waals surface area contributed by atoms with Crippen LogP contribution < -0.4 is 5.32 Å². The highest BCUT2D eigenvalue weighted by Gasteiger charge is 2.51. The third kappa shape index (κ3) is 42.6. The first-order valence-corrected chi connectivity index (χ1v) is 37.6. The highest BCUT2D eigenvalue weighted by Crippen LogP contribution is 2.30. The Hall–Kier alpha value is -1.53. The molecule has 0 aromatic rings. The number of amides is 1. The molecule has 2 heterocycles. The second-order valence-electron chi connectivity index (χ2n) is 26.8. The topological polar surface area (TPSA) is 228 Å². The van der Waals surface area contributed by atoms with E-state index in [-0.39, 0.29) is 12.5 Å². The van der Waals surface area contributed by atoms with Crippen LogP contribution >= 0.6 is 0 Å². The lowest BCUT2D eigenvalue weighted by atomic mass is 9.97. The zero-order valence-electron chi connectivity index (χ0n) is 56.7. The third-order valence-corrected chi connectivity index (χ3v) is 18.7. The lowest BCUT2D eigenvalue weighted by Crippen LogP contribution is -2.65. The quantitative estimate of drug-likeness (QED) is 0.0204. The predicted octanol–water partition coefficient (Wildman–Crippen LogP) is 15.9. The molecule has 14 nitrogen and oxygen atoms in total. The fourth-order valence-electron chi connectivity index (χ4n) is 12.7. The Bertz CT molecular complexity index is 1570. The zero-order valence-corrected chi connectivity index (χ0v) is 56.7. The average Bonchev–Trinajstić information content (AvgIpc) is 1.78. The van der Waals surface area contributed by atoms with Crippen molar-refractivity contribution < 1.29 is 64.6 Å². The van der Waals surface area contributed by atoms with Crippen molar-refractivity contribution in [1.29, 1.82) is 0 Å². The molecule has 14 heteroatoms. The number of allylic oxidation sites excluding steroid dienone is 4. The Kier molecular flexibility index (Phi) is 55.6. The second kappa shape index (κ2) is 59.2. The molecule has 12 unspecified atom stereocenters. The number of aliphatic hydroxyl groups is 8. The standard InChI is InChI=1S/C74H141NO13/c1-3-5-7-9-11-13-15-17-19-21-23-25-27-28-29-30-31-32-33-34-36-37-39-41-43-45-47-49-51-53-55-57-63(78)62(61-85-73-71(84)69(82)72(65(60-77)87-73)88-74-70(83)68(81)67(80)64(59-76)86-74)75-66(79)58-56-54-52-50-48-46-44-42-40-38-35-26-24-22-20-18-16-14-12-10-8-6-4-2/h16,18,22,24,62-65,67-74,76-78,80-84H,3-15,17,19-21,23,25-61H2,1-2H3,(H,75,79)/b18-16-,24-22-. The molecule has 520 valence electrons. The van der Waals surface area contributed by atoms with Gasteiger partial charge >= 0.3 is 0 Å². The van der Waals surface area contributed by atoms with Gasteiger partial charge in [0.2, 0.25) is 5.91 Å². The normalized spacial score (nSPS) is 23.2. The smallest absolute Gasteiger partial charge is 0.220 e. The van der Waals surface area contributed by atoms with Crippen molar-refractivity contribution in [3.8, 4) is 0 Å². The van der Waals surface area contributed by atoms with Gasteiger partial charge in [0.15, 0.2) is 12.6 Å². The van der Waals surface area contributed by atoms with Crippen LogP contribution in [0.1, 0.15) is 348 Å². The number of hydrogen-bond donors (Lipinski definition) is 9. The fourth-order valence-corrected chi connectivity index (χ4v) is 12.7. The summed E-state index contributed by atoms with van der Waals surface area (Å²) < 4.78 is 23.0. The summed E-state index contributed by atoms with van der Waals surface area (Å²) in [4.78, 5) is 13.4. The van der Waals surface area contributed by atoms with Crippen molar-refractivity contribution in [2.45, 2.75) is 421 Å². The molecule has 0 saturated carbocycles. The van der Waals surface area contributed by atoms with Crippen molar-refractivity contribution in [3.05, 3.63) is 24.3 Å². The fraction of sp³-hybridized carbons (Fsp3) is 0.932. The lowest BCUT2D eigenvalue weighted by molar-refractivity contribution is -0.359. The van der Waals surface area contributed by atoms with E-state index in [0.717, 1.165) is 57.8 Å². The maximum Gasteiger partial charge on any atom is 0.220 e. The van der Waals surface area contributed by atoms with Gasteiger partial charge in [-0.15, -0.1) is 0 Å². The number of unbranched alkanes of at least 4 members (excludes halogenated alkanes) is 46. The molecule has 0 bridgehead atoms. The summed E-state index contributed by atoms with van der Waals surface area (Å²) >= 11 is 0. The second-order valence-corrected chi connectivity index (χ2v) is 26.8. The van der Waals surface area contributed by atoms with Crippen molar-refractivity contribution in [3.63, 3.8) is 0 Å². The molecule has 0 aromatic carbocycles. The van der Waals surface area contributed by atoms with Gasteiger partial charge in [-0.05, 0) is 44.9 Å². The molecule has 0 spiro atoms. The number of carbonyl (C=O) groups excluding carboxylic acids is 1. The van der Waals surface area contributed by atoms with Gasteiger partial charge in [-0.25, -0.2) is 0 Å². The molecule has 1 amide bonds. The average molecular weight is 1250 g/mol. The lowest BCUT2D eigenvalue weighted by Gasteiger charge is -2.46. The largest absolute Gasteiger partial charge is 0.394 e. The van der Waals surface area contributed by atoms with E-state index in [1.165, 1.54) is 263 Å². The molecule has 2 aliphatic heterocycles. The monoisotopic (exact) mass is 1250 g/mol. The van der Waals surface area contributed by atoms with Crippen LogP contribution in [0.3, 0.4) is 0 Å². The van der Waals surface area contributed by atoms with Gasteiger partial charge < -0.3 is 65.1 Å². The van der Waals surface area contributed by atoms with E-state index in [1.807, 2.05) is 0 Å².